The monoisotopic (exact) mass is 621 g/mol. The molecule has 1 aromatic heterocycles. The number of aliphatic imine (C=N–C) groups is 2. The fourth-order valence-electron chi connectivity index (χ4n) is 5.33. The molecule has 45 heavy (non-hydrogen) atoms. The van der Waals surface area contributed by atoms with Crippen LogP contribution in [-0.4, -0.2) is 75.1 Å². The van der Waals surface area contributed by atoms with Gasteiger partial charge in [0.2, 0.25) is 11.9 Å². The number of carboxylic acids is 1. The summed E-state index contributed by atoms with van der Waals surface area (Å²) < 4.78 is 13.0. The quantitative estimate of drug-likeness (QED) is 0.258. The second kappa shape index (κ2) is 14.2. The molecule has 3 heterocycles. The molecule has 0 saturated carbocycles. The molecular weight excluding hydrogens is 586 g/mol. The summed E-state index contributed by atoms with van der Waals surface area (Å²) in [4.78, 5) is 30.9. The number of aliphatic carboxylic acids is 1. The van der Waals surface area contributed by atoms with E-state index in [-0.39, 0.29) is 17.5 Å². The highest BCUT2D eigenvalue weighted by molar-refractivity contribution is 7.84. The molecule has 4 aromatic rings. The van der Waals surface area contributed by atoms with Gasteiger partial charge < -0.3 is 20.2 Å². The summed E-state index contributed by atoms with van der Waals surface area (Å²) in [6.45, 7) is 2.90. The molecule has 10 nitrogen and oxygen atoms in total. The van der Waals surface area contributed by atoms with E-state index in [1.165, 1.54) is 0 Å². The molecule has 2 aliphatic heterocycles. The average molecular weight is 622 g/mol. The number of aromatic nitrogens is 1. The van der Waals surface area contributed by atoms with Crippen LogP contribution in [0.2, 0.25) is 0 Å². The lowest BCUT2D eigenvalue weighted by Crippen LogP contribution is -2.58. The first-order chi connectivity index (χ1) is 22.0. The van der Waals surface area contributed by atoms with Crippen molar-refractivity contribution in [1.29, 1.82) is 0 Å². The standard InChI is InChI=1S/C34H35N7O3S/c42-32(43)29(24-45(44)23-25-9-3-1-4-10-25)36-33-37-31(28-16-14-27(15-17-28)26-11-5-2-6-12-26)38-34(39-33)41-21-19-40(20-22-41)30-13-7-8-18-35-30/h1-18,29,31H,19-24H2,(H,42,43)(H2,36,37,38,39)/t29-,31?,45?/m0/s1. The zero-order valence-electron chi connectivity index (χ0n) is 24.7. The summed E-state index contributed by atoms with van der Waals surface area (Å²) >= 11 is 0. The second-order valence-corrected chi connectivity index (χ2v) is 12.4. The van der Waals surface area contributed by atoms with Gasteiger partial charge in [0.1, 0.15) is 11.9 Å². The largest absolute Gasteiger partial charge is 0.480 e. The van der Waals surface area contributed by atoms with Crippen LogP contribution in [0.3, 0.4) is 0 Å². The van der Waals surface area contributed by atoms with Crippen LogP contribution in [0, 0.1) is 0 Å². The zero-order valence-corrected chi connectivity index (χ0v) is 25.5. The minimum absolute atomic E-state index is 0.0728. The summed E-state index contributed by atoms with van der Waals surface area (Å²) in [5, 5.41) is 16.3. The van der Waals surface area contributed by atoms with Crippen LogP contribution in [0.4, 0.5) is 5.82 Å². The Morgan fingerprint density at radius 1 is 0.844 bits per heavy atom. The van der Waals surface area contributed by atoms with Crippen LogP contribution in [0.25, 0.3) is 11.1 Å². The van der Waals surface area contributed by atoms with Crippen molar-refractivity contribution in [2.45, 2.75) is 18.0 Å². The van der Waals surface area contributed by atoms with E-state index in [0.717, 1.165) is 41.2 Å². The maximum absolute atomic E-state index is 13.0. The Hall–Kier alpha value is -5.03. The number of nitrogens with zero attached hydrogens (tertiary/aromatic N) is 5. The molecule has 0 aliphatic carbocycles. The average Bonchev–Trinajstić information content (AvgIpc) is 3.09. The number of guanidine groups is 2. The molecule has 0 spiro atoms. The number of rotatable bonds is 9. The number of nitrogens with one attached hydrogen (secondary N) is 2. The van der Waals surface area contributed by atoms with E-state index in [9.17, 15) is 14.1 Å². The maximum Gasteiger partial charge on any atom is 0.327 e. The topological polar surface area (TPSA) is 123 Å². The summed E-state index contributed by atoms with van der Waals surface area (Å²) in [5.74, 6) is 0.932. The Kier molecular flexibility index (Phi) is 9.45. The SMILES string of the molecule is O=C(O)[C@H](CS(=O)Cc1ccccc1)NC1=NC(c2ccc(-c3ccccc3)cc2)N=C(N2CCN(c3ccccn3)CC2)N1. The van der Waals surface area contributed by atoms with E-state index in [1.807, 2.05) is 91.0 Å². The normalized spacial score (nSPS) is 17.8. The number of carboxylic acid groups (broad SMARTS) is 1. The fraction of sp³-hybridized carbons (Fsp3) is 0.235. The highest BCUT2D eigenvalue weighted by Crippen LogP contribution is 2.26. The Balaban J connectivity index is 1.21. The van der Waals surface area contributed by atoms with E-state index < -0.39 is 29.0 Å². The van der Waals surface area contributed by atoms with Crippen molar-refractivity contribution < 1.29 is 14.1 Å². The molecule has 230 valence electrons. The minimum Gasteiger partial charge on any atom is -0.480 e. The summed E-state index contributed by atoms with van der Waals surface area (Å²) in [6, 6.07) is 32.4. The Bertz CT molecular complexity index is 1660. The zero-order chi connectivity index (χ0) is 31.0. The van der Waals surface area contributed by atoms with Crippen LogP contribution in [0.5, 0.6) is 0 Å². The first-order valence-electron chi connectivity index (χ1n) is 14.9. The third-order valence-corrected chi connectivity index (χ3v) is 9.09. The predicted octanol–water partition coefficient (Wildman–Crippen LogP) is 3.88. The molecule has 0 bridgehead atoms. The van der Waals surface area contributed by atoms with Crippen molar-refractivity contribution in [3.05, 3.63) is 120 Å². The minimum atomic E-state index is -1.41. The van der Waals surface area contributed by atoms with Crippen molar-refractivity contribution in [1.82, 2.24) is 20.5 Å². The van der Waals surface area contributed by atoms with Crippen molar-refractivity contribution in [3.63, 3.8) is 0 Å². The first-order valence-corrected chi connectivity index (χ1v) is 16.4. The van der Waals surface area contributed by atoms with Gasteiger partial charge in [-0.1, -0.05) is 91.0 Å². The number of anilines is 1. The molecule has 6 rings (SSSR count). The molecule has 2 aliphatic rings. The number of hydrogen-bond donors (Lipinski definition) is 3. The van der Waals surface area contributed by atoms with Crippen LogP contribution in [0.15, 0.2) is 119 Å². The van der Waals surface area contributed by atoms with E-state index in [2.05, 4.69) is 37.6 Å². The number of pyridine rings is 1. The second-order valence-electron chi connectivity index (χ2n) is 10.9. The lowest BCUT2D eigenvalue weighted by molar-refractivity contribution is -0.138. The number of carbonyl (C=O) groups is 1. The number of piperazine rings is 1. The Morgan fingerprint density at radius 3 is 2.16 bits per heavy atom. The molecule has 1 saturated heterocycles. The number of benzene rings is 3. The molecule has 3 aromatic carbocycles. The van der Waals surface area contributed by atoms with Crippen molar-refractivity contribution in [2.75, 3.05) is 36.8 Å². The molecule has 3 N–H and O–H groups in total. The van der Waals surface area contributed by atoms with Crippen molar-refractivity contribution >= 4 is 34.5 Å². The van der Waals surface area contributed by atoms with Gasteiger partial charge >= 0.3 is 5.97 Å². The molecule has 0 amide bonds. The molecule has 2 unspecified atom stereocenters. The summed E-state index contributed by atoms with van der Waals surface area (Å²) in [6.07, 6.45) is 1.20. The van der Waals surface area contributed by atoms with Crippen LogP contribution < -0.4 is 15.5 Å². The number of hydrogen-bond acceptors (Lipinski definition) is 9. The van der Waals surface area contributed by atoms with E-state index in [0.29, 0.717) is 19.0 Å². The van der Waals surface area contributed by atoms with Gasteiger partial charge in [-0.3, -0.25) is 9.53 Å². The first kappa shape index (κ1) is 30.0. The Morgan fingerprint density at radius 2 is 1.49 bits per heavy atom. The van der Waals surface area contributed by atoms with E-state index in [1.54, 1.807) is 6.20 Å². The lowest BCUT2D eigenvalue weighted by atomic mass is 10.0. The van der Waals surface area contributed by atoms with Gasteiger partial charge in [0, 0.05) is 48.9 Å². The third kappa shape index (κ3) is 7.74. The predicted molar refractivity (Wildman–Crippen MR) is 178 cm³/mol. The van der Waals surface area contributed by atoms with Gasteiger partial charge in [0.25, 0.3) is 0 Å². The van der Waals surface area contributed by atoms with Crippen molar-refractivity contribution in [2.24, 2.45) is 9.98 Å². The third-order valence-electron chi connectivity index (χ3n) is 7.73. The van der Waals surface area contributed by atoms with Crippen LogP contribution in [-0.2, 0) is 21.3 Å². The van der Waals surface area contributed by atoms with Crippen molar-refractivity contribution in [3.8, 4) is 11.1 Å². The van der Waals surface area contributed by atoms with Gasteiger partial charge in [-0.25, -0.2) is 19.8 Å². The lowest BCUT2D eigenvalue weighted by Gasteiger charge is -2.38. The molecule has 11 heteroatoms. The molecule has 3 atom stereocenters. The van der Waals surface area contributed by atoms with Gasteiger partial charge in [-0.05, 0) is 34.4 Å². The smallest absolute Gasteiger partial charge is 0.327 e. The van der Waals surface area contributed by atoms with Gasteiger partial charge in [-0.2, -0.15) is 0 Å². The molecule has 1 fully saturated rings. The highest BCUT2D eigenvalue weighted by atomic mass is 32.2. The van der Waals surface area contributed by atoms with Gasteiger partial charge in [0.15, 0.2) is 6.17 Å². The summed E-state index contributed by atoms with van der Waals surface area (Å²) in [7, 11) is -1.41. The van der Waals surface area contributed by atoms with E-state index in [4.69, 9.17) is 9.98 Å². The molecular formula is C34H35N7O3S. The maximum atomic E-state index is 13.0. The van der Waals surface area contributed by atoms with Gasteiger partial charge in [0.05, 0.1) is 5.75 Å². The highest BCUT2D eigenvalue weighted by Gasteiger charge is 2.29. The Labute approximate surface area is 265 Å². The molecule has 0 radical (unpaired) electrons. The summed E-state index contributed by atoms with van der Waals surface area (Å²) in [5.41, 5.74) is 3.96. The van der Waals surface area contributed by atoms with Crippen LogP contribution >= 0.6 is 0 Å². The fourth-order valence-corrected chi connectivity index (χ4v) is 6.61. The van der Waals surface area contributed by atoms with Crippen LogP contribution in [0.1, 0.15) is 17.3 Å². The van der Waals surface area contributed by atoms with Gasteiger partial charge in [-0.15, -0.1) is 0 Å². The van der Waals surface area contributed by atoms with E-state index >= 15 is 0 Å².